The van der Waals surface area contributed by atoms with Crippen molar-refractivity contribution in [2.75, 3.05) is 0 Å². The molecule has 0 spiro atoms. The Labute approximate surface area is 98.9 Å². The van der Waals surface area contributed by atoms with Crippen LogP contribution in [0.4, 0.5) is 0 Å². The molecule has 0 fully saturated rings. The zero-order chi connectivity index (χ0) is 11.6. The molecule has 0 radical (unpaired) electrons. The molecule has 1 aliphatic rings. The summed E-state index contributed by atoms with van der Waals surface area (Å²) in [5.41, 5.74) is -1.19. The zero-order valence-electron chi connectivity index (χ0n) is 8.51. The molecule has 3 heteroatoms. The van der Waals surface area contributed by atoms with Crippen LogP contribution in [-0.2, 0) is 0 Å². The average molecular weight is 235 g/mol. The van der Waals surface area contributed by atoms with E-state index in [-0.39, 0.29) is 5.78 Å². The number of Topliss-reactive ketones (excluding diaryl/α,β-unsaturated/α-hetero) is 1. The Morgan fingerprint density at radius 3 is 2.56 bits per heavy atom. The first-order chi connectivity index (χ1) is 7.64. The molecule has 1 aliphatic carbocycles. The van der Waals surface area contributed by atoms with Gasteiger partial charge in [0, 0.05) is 5.56 Å². The molecule has 2 rings (SSSR count). The molecule has 0 amide bonds. The van der Waals surface area contributed by atoms with E-state index in [4.69, 9.17) is 11.6 Å². The van der Waals surface area contributed by atoms with E-state index in [2.05, 4.69) is 0 Å². The zero-order valence-corrected chi connectivity index (χ0v) is 9.26. The van der Waals surface area contributed by atoms with E-state index in [1.54, 1.807) is 42.5 Å². The van der Waals surface area contributed by atoms with Crippen molar-refractivity contribution >= 4 is 17.4 Å². The summed E-state index contributed by atoms with van der Waals surface area (Å²) >= 11 is 5.96. The van der Waals surface area contributed by atoms with E-state index in [1.165, 1.54) is 6.08 Å². The molecule has 2 nitrogen and oxygen atoms in total. The third-order valence-corrected chi connectivity index (χ3v) is 3.04. The van der Waals surface area contributed by atoms with Crippen LogP contribution in [0.25, 0.3) is 0 Å². The van der Waals surface area contributed by atoms with Gasteiger partial charge in [-0.05, 0) is 6.08 Å². The molecule has 0 saturated heterocycles. The monoisotopic (exact) mass is 234 g/mol. The second kappa shape index (κ2) is 4.24. The third kappa shape index (κ3) is 1.82. The van der Waals surface area contributed by atoms with E-state index >= 15 is 0 Å². The van der Waals surface area contributed by atoms with Crippen molar-refractivity contribution in [2.24, 2.45) is 0 Å². The lowest BCUT2D eigenvalue weighted by molar-refractivity contribution is 0.0546. The summed E-state index contributed by atoms with van der Waals surface area (Å²) in [4.78, 5) is 12.1. The molecule has 0 saturated carbocycles. The molecule has 1 aromatic carbocycles. The van der Waals surface area contributed by atoms with Crippen LogP contribution in [0.1, 0.15) is 10.4 Å². The maximum Gasteiger partial charge on any atom is 0.200 e. The van der Waals surface area contributed by atoms with Crippen molar-refractivity contribution in [1.29, 1.82) is 0 Å². The summed E-state index contributed by atoms with van der Waals surface area (Å²) in [5, 5.41) is 9.51. The normalized spacial score (nSPS) is 28.0. The number of carbonyl (C=O) groups excluding carboxylic acids is 1. The minimum atomic E-state index is -1.64. The Morgan fingerprint density at radius 2 is 1.94 bits per heavy atom. The Hall–Kier alpha value is -1.38. The number of carbonyl (C=O) groups is 1. The van der Waals surface area contributed by atoms with E-state index in [0.29, 0.717) is 5.56 Å². The molecular weight excluding hydrogens is 224 g/mol. The molecule has 1 N–H and O–H groups in total. The van der Waals surface area contributed by atoms with Crippen LogP contribution in [0.5, 0.6) is 0 Å². The van der Waals surface area contributed by atoms with E-state index in [9.17, 15) is 9.90 Å². The van der Waals surface area contributed by atoms with Gasteiger partial charge in [0.2, 0.25) is 0 Å². The number of hydrogen-bond donors (Lipinski definition) is 1. The smallest absolute Gasteiger partial charge is 0.200 e. The molecule has 1 aromatic rings. The van der Waals surface area contributed by atoms with Crippen LogP contribution >= 0.6 is 11.6 Å². The molecule has 16 heavy (non-hydrogen) atoms. The fourth-order valence-corrected chi connectivity index (χ4v) is 1.88. The lowest BCUT2D eigenvalue weighted by Crippen LogP contribution is -2.45. The Morgan fingerprint density at radius 1 is 1.25 bits per heavy atom. The van der Waals surface area contributed by atoms with Crippen molar-refractivity contribution in [3.05, 3.63) is 60.2 Å². The van der Waals surface area contributed by atoms with E-state index < -0.39 is 11.0 Å². The molecule has 82 valence electrons. The SMILES string of the molecule is O=C(c1ccccc1)C1(O)C=CC=CC1Cl. The van der Waals surface area contributed by atoms with Gasteiger partial charge in [0.15, 0.2) is 11.4 Å². The summed E-state index contributed by atoms with van der Waals surface area (Å²) in [6, 6.07) is 8.65. The Bertz CT molecular complexity index is 450. The fraction of sp³-hybridized carbons (Fsp3) is 0.154. The molecule has 2 atom stereocenters. The van der Waals surface area contributed by atoms with Gasteiger partial charge in [-0.25, -0.2) is 0 Å². The van der Waals surface area contributed by atoms with E-state index in [1.807, 2.05) is 6.07 Å². The highest BCUT2D eigenvalue weighted by atomic mass is 35.5. The van der Waals surface area contributed by atoms with Crippen molar-refractivity contribution < 1.29 is 9.90 Å². The summed E-state index contributed by atoms with van der Waals surface area (Å²) in [5.74, 6) is -0.381. The van der Waals surface area contributed by atoms with Gasteiger partial charge < -0.3 is 5.11 Å². The molecule has 0 aliphatic heterocycles. The predicted molar refractivity (Wildman–Crippen MR) is 63.6 cm³/mol. The number of alkyl halides is 1. The van der Waals surface area contributed by atoms with Crippen LogP contribution < -0.4 is 0 Å². The number of halogens is 1. The van der Waals surface area contributed by atoms with Gasteiger partial charge in [0.25, 0.3) is 0 Å². The quantitative estimate of drug-likeness (QED) is 0.630. The second-order valence-electron chi connectivity index (χ2n) is 3.67. The second-order valence-corrected chi connectivity index (χ2v) is 4.14. The highest BCUT2D eigenvalue weighted by Gasteiger charge is 2.40. The number of aliphatic hydroxyl groups is 1. The van der Waals surface area contributed by atoms with Crippen LogP contribution in [0.15, 0.2) is 54.6 Å². The molecule has 0 bridgehead atoms. The van der Waals surface area contributed by atoms with Crippen molar-refractivity contribution in [3.63, 3.8) is 0 Å². The highest BCUT2D eigenvalue weighted by molar-refractivity contribution is 6.26. The average Bonchev–Trinajstić information content (AvgIpc) is 2.33. The van der Waals surface area contributed by atoms with Gasteiger partial charge >= 0.3 is 0 Å². The van der Waals surface area contributed by atoms with Gasteiger partial charge in [-0.3, -0.25) is 4.79 Å². The number of hydrogen-bond acceptors (Lipinski definition) is 2. The van der Waals surface area contributed by atoms with Gasteiger partial charge in [-0.1, -0.05) is 48.6 Å². The van der Waals surface area contributed by atoms with Gasteiger partial charge in [-0.15, -0.1) is 11.6 Å². The van der Waals surface area contributed by atoms with Gasteiger partial charge in [-0.2, -0.15) is 0 Å². The Balaban J connectivity index is 2.35. The third-order valence-electron chi connectivity index (χ3n) is 2.56. The van der Waals surface area contributed by atoms with Crippen LogP contribution in [0, 0.1) is 0 Å². The van der Waals surface area contributed by atoms with Gasteiger partial charge in [0.1, 0.15) is 0 Å². The number of benzene rings is 1. The lowest BCUT2D eigenvalue weighted by atomic mass is 9.86. The first kappa shape index (κ1) is 11.1. The maximum atomic E-state index is 12.1. The largest absolute Gasteiger partial charge is 0.376 e. The van der Waals surface area contributed by atoms with Crippen LogP contribution in [0.2, 0.25) is 0 Å². The summed E-state index contributed by atoms with van der Waals surface area (Å²) < 4.78 is 0. The van der Waals surface area contributed by atoms with Crippen molar-refractivity contribution in [1.82, 2.24) is 0 Å². The first-order valence-electron chi connectivity index (χ1n) is 4.97. The Kier molecular flexibility index (Phi) is 2.95. The summed E-state index contributed by atoms with van der Waals surface area (Å²) in [7, 11) is 0. The number of ketones is 1. The summed E-state index contributed by atoms with van der Waals surface area (Å²) in [6.45, 7) is 0. The van der Waals surface area contributed by atoms with Gasteiger partial charge in [0.05, 0.1) is 5.38 Å². The minimum Gasteiger partial charge on any atom is -0.376 e. The van der Waals surface area contributed by atoms with Crippen molar-refractivity contribution in [3.8, 4) is 0 Å². The van der Waals surface area contributed by atoms with Crippen LogP contribution in [-0.4, -0.2) is 21.9 Å². The van der Waals surface area contributed by atoms with Crippen LogP contribution in [0.3, 0.4) is 0 Å². The standard InChI is InChI=1S/C13H11ClO2/c14-11-8-4-5-9-13(11,16)12(15)10-6-2-1-3-7-10/h1-9,11,16H. The topological polar surface area (TPSA) is 37.3 Å². The minimum absolute atomic E-state index is 0.381. The molecular formula is C13H11ClO2. The number of allylic oxidation sites excluding steroid dienone is 2. The summed E-state index contributed by atoms with van der Waals surface area (Å²) in [6.07, 6.45) is 6.37. The number of rotatable bonds is 2. The molecule has 0 heterocycles. The maximum absolute atomic E-state index is 12.1. The highest BCUT2D eigenvalue weighted by Crippen LogP contribution is 2.27. The predicted octanol–water partition coefficient (Wildman–Crippen LogP) is 2.33. The van der Waals surface area contributed by atoms with Crippen molar-refractivity contribution in [2.45, 2.75) is 11.0 Å². The molecule has 0 aromatic heterocycles. The first-order valence-corrected chi connectivity index (χ1v) is 5.40. The lowest BCUT2D eigenvalue weighted by Gasteiger charge is -2.28. The fourth-order valence-electron chi connectivity index (χ4n) is 1.62. The molecule has 2 unspecified atom stereocenters. The van der Waals surface area contributed by atoms with E-state index in [0.717, 1.165) is 0 Å².